The van der Waals surface area contributed by atoms with Crippen LogP contribution in [0.4, 0.5) is 26.3 Å². The predicted octanol–water partition coefficient (Wildman–Crippen LogP) is 7.23. The molecule has 0 aromatic heterocycles. The van der Waals surface area contributed by atoms with Crippen molar-refractivity contribution in [2.24, 2.45) is 33.5 Å². The second kappa shape index (κ2) is 13.2. The van der Waals surface area contributed by atoms with Gasteiger partial charge in [0.2, 0.25) is 0 Å². The highest BCUT2D eigenvalue weighted by Crippen LogP contribution is 2.78. The molecular formula is C41H47F6NO6. The summed E-state index contributed by atoms with van der Waals surface area (Å²) in [7, 11) is 0. The number of carbonyl (C=O) groups is 1. The Balaban J connectivity index is 1.26. The van der Waals surface area contributed by atoms with Crippen LogP contribution in [0.2, 0.25) is 0 Å². The first-order valence-corrected chi connectivity index (χ1v) is 18.6. The largest absolute Gasteiger partial charge is 0.573 e. The van der Waals surface area contributed by atoms with Crippen LogP contribution in [0.5, 0.6) is 5.75 Å². The number of hydrogen-bond acceptors (Lipinski definition) is 7. The lowest BCUT2D eigenvalue weighted by Gasteiger charge is -2.71. The van der Waals surface area contributed by atoms with Crippen LogP contribution < -0.4 is 4.74 Å². The molecule has 2 bridgehead atoms. The number of aliphatic hydroxyl groups excluding tert-OH is 3. The van der Waals surface area contributed by atoms with Crippen molar-refractivity contribution in [1.82, 2.24) is 4.90 Å². The summed E-state index contributed by atoms with van der Waals surface area (Å²) in [5.74, 6) is -1.29. The van der Waals surface area contributed by atoms with Gasteiger partial charge in [-0.15, -0.1) is 13.2 Å². The fourth-order valence-corrected chi connectivity index (χ4v) is 11.6. The number of alkyl halides is 6. The number of ketones is 1. The molecule has 294 valence electrons. The van der Waals surface area contributed by atoms with Crippen molar-refractivity contribution >= 4 is 5.78 Å². The lowest BCUT2D eigenvalue weighted by Crippen LogP contribution is -2.67. The van der Waals surface area contributed by atoms with Gasteiger partial charge in [-0.2, -0.15) is 13.2 Å². The average molecular weight is 764 g/mol. The van der Waals surface area contributed by atoms with Crippen LogP contribution in [0.25, 0.3) is 0 Å². The molecule has 0 saturated heterocycles. The Kier molecular flexibility index (Phi) is 9.52. The van der Waals surface area contributed by atoms with Crippen molar-refractivity contribution < 1.29 is 56.3 Å². The number of nitrogens with zero attached hydrogens (tertiary/aromatic N) is 1. The summed E-state index contributed by atoms with van der Waals surface area (Å²) in [6.07, 6.45) is -1.50. The molecule has 9 atom stereocenters. The summed E-state index contributed by atoms with van der Waals surface area (Å²) < 4.78 is 83.9. The molecule has 54 heavy (non-hydrogen) atoms. The maximum absolute atomic E-state index is 14.7. The van der Waals surface area contributed by atoms with Gasteiger partial charge in [-0.05, 0) is 92.0 Å². The van der Waals surface area contributed by atoms with Gasteiger partial charge >= 0.3 is 12.5 Å². The third kappa shape index (κ3) is 6.22. The number of benzene rings is 2. The van der Waals surface area contributed by atoms with Gasteiger partial charge in [0, 0.05) is 47.0 Å². The molecule has 2 aromatic rings. The minimum atomic E-state index is -4.86. The number of halogens is 6. The minimum absolute atomic E-state index is 0.0380. The molecule has 0 amide bonds. The SMILES string of the molecule is CC12CCC(O)CC13C=CC1(C(C(=O)c4cccc(C(F)(F)F)c4)=C3)C2CCC2(C)C1CCC2(O)CN(Cc1ccc(OC(F)(F)F)cc1)CC(O)CO. The van der Waals surface area contributed by atoms with Crippen molar-refractivity contribution in [2.45, 2.75) is 95.7 Å². The van der Waals surface area contributed by atoms with Crippen LogP contribution in [0, 0.1) is 33.5 Å². The van der Waals surface area contributed by atoms with E-state index in [2.05, 4.69) is 23.8 Å². The Morgan fingerprint density at radius 1 is 0.944 bits per heavy atom. The fourth-order valence-electron chi connectivity index (χ4n) is 11.6. The lowest BCUT2D eigenvalue weighted by atomic mass is 9.32. The highest BCUT2D eigenvalue weighted by molar-refractivity contribution is 6.10. The second-order valence-corrected chi connectivity index (χ2v) is 16.9. The van der Waals surface area contributed by atoms with Gasteiger partial charge in [0.25, 0.3) is 0 Å². The van der Waals surface area contributed by atoms with E-state index in [1.165, 1.54) is 36.4 Å². The first-order chi connectivity index (χ1) is 25.2. The molecule has 8 rings (SSSR count). The molecule has 7 nitrogen and oxygen atoms in total. The van der Waals surface area contributed by atoms with Gasteiger partial charge < -0.3 is 25.2 Å². The molecule has 0 aliphatic heterocycles. The van der Waals surface area contributed by atoms with Gasteiger partial charge in [-0.25, -0.2) is 0 Å². The molecule has 13 heteroatoms. The molecule has 0 heterocycles. The Hall–Kier alpha value is -3.23. The van der Waals surface area contributed by atoms with Crippen molar-refractivity contribution in [3.8, 4) is 5.75 Å². The van der Waals surface area contributed by atoms with Crippen LogP contribution in [0.15, 0.2) is 72.3 Å². The first-order valence-electron chi connectivity index (χ1n) is 18.6. The van der Waals surface area contributed by atoms with E-state index in [1.54, 1.807) is 4.90 Å². The highest BCUT2D eigenvalue weighted by atomic mass is 19.4. The first kappa shape index (κ1) is 39.0. The zero-order valence-corrected chi connectivity index (χ0v) is 30.3. The molecule has 6 aliphatic rings. The smallest absolute Gasteiger partial charge is 0.406 e. The quantitative estimate of drug-likeness (QED) is 0.115. The Morgan fingerprint density at radius 2 is 1.61 bits per heavy atom. The molecule has 0 radical (unpaired) electrons. The standard InChI is InChI=1S/C41H47F6NO6/c1-35-13-10-28(50)19-37(35)16-17-39(31(20-37)34(52)26-4-3-5-27(18-26)40(42,43)44)32(35)11-14-36(2)33(39)12-15-38(36,53)24-48(22-29(51)23-49)21-25-6-8-30(9-7-25)54-41(45,46)47/h3-9,16-18,20,28-29,32-33,49-51,53H,10-15,19,21-24H2,1-2H3. The third-order valence-corrected chi connectivity index (χ3v) is 14.1. The van der Waals surface area contributed by atoms with Crippen LogP contribution in [0.3, 0.4) is 0 Å². The number of hydrogen-bond donors (Lipinski definition) is 4. The van der Waals surface area contributed by atoms with Crippen molar-refractivity contribution in [2.75, 3.05) is 19.7 Å². The molecule has 4 N–H and O–H groups in total. The van der Waals surface area contributed by atoms with Crippen LogP contribution >= 0.6 is 0 Å². The van der Waals surface area contributed by atoms with Gasteiger partial charge in [0.05, 0.1) is 30.0 Å². The summed E-state index contributed by atoms with van der Waals surface area (Å²) in [4.78, 5) is 16.5. The highest BCUT2D eigenvalue weighted by Gasteiger charge is 2.74. The summed E-state index contributed by atoms with van der Waals surface area (Å²) in [5.41, 5.74) is -4.17. The monoisotopic (exact) mass is 763 g/mol. The third-order valence-electron chi connectivity index (χ3n) is 14.1. The molecule has 6 aliphatic carbocycles. The maximum Gasteiger partial charge on any atom is 0.573 e. The summed E-state index contributed by atoms with van der Waals surface area (Å²) in [6, 6.07) is 9.77. The number of carbonyl (C=O) groups excluding carboxylic acids is 1. The maximum atomic E-state index is 14.7. The van der Waals surface area contributed by atoms with Gasteiger partial charge in [0.15, 0.2) is 5.78 Å². The van der Waals surface area contributed by atoms with Crippen molar-refractivity contribution in [3.63, 3.8) is 0 Å². The summed E-state index contributed by atoms with van der Waals surface area (Å²) >= 11 is 0. The van der Waals surface area contributed by atoms with Crippen molar-refractivity contribution in [1.29, 1.82) is 0 Å². The van der Waals surface area contributed by atoms with E-state index >= 15 is 0 Å². The van der Waals surface area contributed by atoms with Crippen LogP contribution in [0.1, 0.15) is 80.3 Å². The zero-order valence-electron chi connectivity index (χ0n) is 30.3. The van der Waals surface area contributed by atoms with E-state index in [9.17, 15) is 51.6 Å². The summed E-state index contributed by atoms with van der Waals surface area (Å²) in [6.45, 7) is 3.78. The number of rotatable bonds is 10. The van der Waals surface area contributed by atoms with Crippen molar-refractivity contribution in [3.05, 3.63) is 89.0 Å². The van der Waals surface area contributed by atoms with Crippen LogP contribution in [-0.4, -0.2) is 75.0 Å². The topological polar surface area (TPSA) is 110 Å². The Labute approximate surface area is 310 Å². The molecule has 2 aromatic carbocycles. The number of Topliss-reactive ketones (excluding diaryl/α,β-unsaturated/α-hetero) is 1. The van der Waals surface area contributed by atoms with E-state index in [0.717, 1.165) is 12.1 Å². The van der Waals surface area contributed by atoms with E-state index < -0.39 is 70.3 Å². The number of ether oxygens (including phenoxy) is 1. The normalized spacial score (nSPS) is 36.3. The zero-order chi connectivity index (χ0) is 39.1. The fraction of sp³-hybridized carbons (Fsp3) is 0.585. The number of allylic oxidation sites excluding steroid dienone is 4. The van der Waals surface area contributed by atoms with Gasteiger partial charge in [-0.1, -0.05) is 56.3 Å². The predicted molar refractivity (Wildman–Crippen MR) is 186 cm³/mol. The Morgan fingerprint density at radius 3 is 2.28 bits per heavy atom. The van der Waals surface area contributed by atoms with E-state index in [4.69, 9.17) is 0 Å². The molecular weight excluding hydrogens is 716 g/mol. The lowest BCUT2D eigenvalue weighted by molar-refractivity contribution is -0.274. The molecule has 2 spiro atoms. The van der Waals surface area contributed by atoms with Gasteiger partial charge in [0.1, 0.15) is 5.75 Å². The number of fused-ring (bicyclic) bond motifs is 1. The minimum Gasteiger partial charge on any atom is -0.406 e. The molecule has 3 saturated carbocycles. The summed E-state index contributed by atoms with van der Waals surface area (Å²) in [5, 5.41) is 44.1. The second-order valence-electron chi connectivity index (χ2n) is 16.9. The van der Waals surface area contributed by atoms with E-state index in [1.807, 2.05) is 13.0 Å². The van der Waals surface area contributed by atoms with E-state index in [-0.39, 0.29) is 42.4 Å². The molecule has 3 fully saturated rings. The van der Waals surface area contributed by atoms with Gasteiger partial charge in [-0.3, -0.25) is 9.69 Å². The Bertz CT molecular complexity index is 1830. The van der Waals surface area contributed by atoms with Crippen LogP contribution in [-0.2, 0) is 12.7 Å². The molecule has 9 unspecified atom stereocenters. The number of aliphatic hydroxyl groups is 4. The van der Waals surface area contributed by atoms with E-state index in [0.29, 0.717) is 56.1 Å². The average Bonchev–Trinajstić information content (AvgIpc) is 3.37.